The van der Waals surface area contributed by atoms with Gasteiger partial charge in [-0.25, -0.2) is 4.98 Å². The van der Waals surface area contributed by atoms with Gasteiger partial charge in [-0.1, -0.05) is 70.7 Å². The van der Waals surface area contributed by atoms with Gasteiger partial charge in [0.15, 0.2) is 0 Å². The normalized spacial score (nSPS) is 19.6. The first kappa shape index (κ1) is 38.9. The molecule has 0 radical (unpaired) electrons. The van der Waals surface area contributed by atoms with Crippen LogP contribution in [-0.4, -0.2) is 101 Å². The second-order valence-corrected chi connectivity index (χ2v) is 15.7. The minimum atomic E-state index is -0.881. The molecule has 0 spiro atoms. The lowest BCUT2D eigenvalue weighted by Gasteiger charge is -2.35. The number of amides is 3. The molecular weight excluding hydrogens is 641 g/mol. The van der Waals surface area contributed by atoms with Crippen molar-refractivity contribution in [3.63, 3.8) is 0 Å². The van der Waals surface area contributed by atoms with Crippen LogP contribution >= 0.6 is 11.3 Å². The lowest BCUT2D eigenvalue weighted by Crippen LogP contribution is -2.58. The SMILES string of the molecule is Cc1ncsc1-c1ccc(CNC(=O)[C@@H]2C[C@@H](O)CN2C(=O)[C@@H](NC(=O)COCCCCCCCCN2CCC(N)CC2)C(C)(C)C)cc1. The average molecular weight is 699 g/mol. The van der Waals surface area contributed by atoms with E-state index in [-0.39, 0.29) is 37.3 Å². The summed E-state index contributed by atoms with van der Waals surface area (Å²) in [5.41, 5.74) is 10.2. The van der Waals surface area contributed by atoms with Crippen LogP contribution in [0, 0.1) is 12.3 Å². The van der Waals surface area contributed by atoms with E-state index in [1.165, 1.54) is 30.7 Å². The van der Waals surface area contributed by atoms with Gasteiger partial charge in [0, 0.05) is 32.2 Å². The Bertz CT molecular complexity index is 1340. The highest BCUT2D eigenvalue weighted by atomic mass is 32.1. The molecule has 4 rings (SSSR count). The highest BCUT2D eigenvalue weighted by Crippen LogP contribution is 2.28. The van der Waals surface area contributed by atoms with E-state index >= 15 is 0 Å². The highest BCUT2D eigenvalue weighted by Gasteiger charge is 2.44. The number of piperidine rings is 1. The first-order valence-electron chi connectivity index (χ1n) is 18.0. The van der Waals surface area contributed by atoms with Gasteiger partial charge in [-0.3, -0.25) is 14.4 Å². The summed E-state index contributed by atoms with van der Waals surface area (Å²) in [6, 6.07) is 6.61. The smallest absolute Gasteiger partial charge is 0.246 e. The molecule has 1 aromatic heterocycles. The van der Waals surface area contributed by atoms with Crippen LogP contribution in [0.25, 0.3) is 10.4 Å². The molecule has 3 atom stereocenters. The minimum Gasteiger partial charge on any atom is -0.391 e. The molecule has 3 heterocycles. The van der Waals surface area contributed by atoms with Crippen molar-refractivity contribution in [2.45, 2.75) is 116 Å². The maximum absolute atomic E-state index is 13.8. The number of hydrogen-bond acceptors (Lipinski definition) is 9. The van der Waals surface area contributed by atoms with Gasteiger partial charge >= 0.3 is 0 Å². The largest absolute Gasteiger partial charge is 0.391 e. The molecule has 12 heteroatoms. The first-order chi connectivity index (χ1) is 23.4. The predicted octanol–water partition coefficient (Wildman–Crippen LogP) is 4.01. The second-order valence-electron chi connectivity index (χ2n) is 14.8. The van der Waals surface area contributed by atoms with Crippen molar-refractivity contribution in [3.8, 4) is 10.4 Å². The zero-order valence-electron chi connectivity index (χ0n) is 29.9. The Balaban J connectivity index is 1.16. The number of aliphatic hydroxyl groups excluding tert-OH is 1. The predicted molar refractivity (Wildman–Crippen MR) is 194 cm³/mol. The molecule has 0 saturated carbocycles. The number of hydrogen-bond donors (Lipinski definition) is 4. The van der Waals surface area contributed by atoms with Gasteiger partial charge in [0.25, 0.3) is 0 Å². The fourth-order valence-electron chi connectivity index (χ4n) is 6.57. The standard InChI is InChI=1S/C37H58N6O5S/c1-26-33(49-25-40-26)28-13-11-27(12-14-28)22-39-35(46)31-21-30(44)23-43(31)36(47)34(37(2,3)4)41-32(45)24-48-20-10-8-6-5-7-9-17-42-18-15-29(38)16-19-42/h11-14,25,29-31,34,44H,5-10,15-24,38H2,1-4H3,(H,39,46)(H,41,45)/t30-,31+,34-/m1/s1. The number of unbranched alkanes of at least 4 members (excludes halogenated alkanes) is 5. The number of aliphatic hydroxyl groups is 1. The maximum atomic E-state index is 13.8. The molecular formula is C37H58N6O5S. The molecule has 272 valence electrons. The number of benzene rings is 1. The zero-order valence-corrected chi connectivity index (χ0v) is 30.7. The van der Waals surface area contributed by atoms with E-state index in [1.54, 1.807) is 11.3 Å². The Morgan fingerprint density at radius 3 is 2.39 bits per heavy atom. The van der Waals surface area contributed by atoms with Gasteiger partial charge in [-0.2, -0.15) is 0 Å². The lowest BCUT2D eigenvalue weighted by atomic mass is 9.85. The molecule has 49 heavy (non-hydrogen) atoms. The van der Waals surface area contributed by atoms with Gasteiger partial charge < -0.3 is 36.0 Å². The average Bonchev–Trinajstić information content (AvgIpc) is 3.68. The second kappa shape index (κ2) is 18.9. The van der Waals surface area contributed by atoms with Crippen molar-refractivity contribution in [3.05, 3.63) is 41.0 Å². The van der Waals surface area contributed by atoms with Gasteiger partial charge in [-0.05, 0) is 68.8 Å². The van der Waals surface area contributed by atoms with Crippen molar-refractivity contribution in [2.24, 2.45) is 11.1 Å². The Hall–Kier alpha value is -2.90. The van der Waals surface area contributed by atoms with Crippen LogP contribution in [0.3, 0.4) is 0 Å². The van der Waals surface area contributed by atoms with E-state index < -0.39 is 23.6 Å². The molecule has 0 aliphatic carbocycles. The molecule has 1 aromatic carbocycles. The number of nitrogens with zero attached hydrogens (tertiary/aromatic N) is 3. The number of aromatic nitrogens is 1. The van der Waals surface area contributed by atoms with E-state index in [1.807, 2.05) is 57.5 Å². The van der Waals surface area contributed by atoms with Crippen LogP contribution in [-0.2, 0) is 25.7 Å². The molecule has 5 N–H and O–H groups in total. The van der Waals surface area contributed by atoms with Gasteiger partial charge in [-0.15, -0.1) is 11.3 Å². The molecule has 2 aromatic rings. The Kier molecular flexibility index (Phi) is 15.0. The summed E-state index contributed by atoms with van der Waals surface area (Å²) in [5.74, 6) is -1.09. The van der Waals surface area contributed by atoms with E-state index in [9.17, 15) is 19.5 Å². The monoisotopic (exact) mass is 698 g/mol. The number of β-amino-alcohol motifs (C(OH)–C–C–N with tert-alkyl or cyclic N) is 1. The number of carbonyl (C=O) groups is 3. The van der Waals surface area contributed by atoms with Gasteiger partial charge in [0.2, 0.25) is 17.7 Å². The van der Waals surface area contributed by atoms with Gasteiger partial charge in [0.05, 0.1) is 22.2 Å². The van der Waals surface area contributed by atoms with Crippen molar-refractivity contribution < 1.29 is 24.2 Å². The third kappa shape index (κ3) is 12.1. The van der Waals surface area contributed by atoms with Crippen LogP contribution in [0.5, 0.6) is 0 Å². The van der Waals surface area contributed by atoms with Crippen molar-refractivity contribution in [1.82, 2.24) is 25.4 Å². The van der Waals surface area contributed by atoms with Crippen LogP contribution in [0.1, 0.15) is 89.8 Å². The molecule has 2 aliphatic rings. The summed E-state index contributed by atoms with van der Waals surface area (Å²) in [4.78, 5) is 49.4. The molecule has 11 nitrogen and oxygen atoms in total. The van der Waals surface area contributed by atoms with Crippen LogP contribution < -0.4 is 16.4 Å². The molecule has 2 fully saturated rings. The Labute approximate surface area is 296 Å². The van der Waals surface area contributed by atoms with Crippen LogP contribution in [0.15, 0.2) is 29.8 Å². The van der Waals surface area contributed by atoms with Crippen molar-refractivity contribution >= 4 is 29.1 Å². The number of nitrogens with one attached hydrogen (secondary N) is 2. The molecule has 2 saturated heterocycles. The van der Waals surface area contributed by atoms with Crippen LogP contribution in [0.2, 0.25) is 0 Å². The molecule has 3 amide bonds. The summed E-state index contributed by atoms with van der Waals surface area (Å²) in [6.45, 7) is 11.7. The quantitative estimate of drug-likeness (QED) is 0.181. The van der Waals surface area contributed by atoms with E-state index in [4.69, 9.17) is 10.5 Å². The molecule has 2 aliphatic heterocycles. The van der Waals surface area contributed by atoms with Crippen molar-refractivity contribution in [1.29, 1.82) is 0 Å². The number of ether oxygens (including phenoxy) is 1. The number of nitrogens with two attached hydrogens (primary N) is 1. The molecule has 0 bridgehead atoms. The third-order valence-electron chi connectivity index (χ3n) is 9.59. The van der Waals surface area contributed by atoms with Crippen molar-refractivity contribution in [2.75, 3.05) is 39.4 Å². The Morgan fingerprint density at radius 1 is 1.06 bits per heavy atom. The number of rotatable bonds is 17. The fraction of sp³-hybridized carbons (Fsp3) is 0.676. The highest BCUT2D eigenvalue weighted by molar-refractivity contribution is 7.13. The maximum Gasteiger partial charge on any atom is 0.246 e. The summed E-state index contributed by atoms with van der Waals surface area (Å²) in [7, 11) is 0. The summed E-state index contributed by atoms with van der Waals surface area (Å²) in [6.07, 6.45) is 8.29. The number of aryl methyl sites for hydroxylation is 1. The van der Waals surface area contributed by atoms with Gasteiger partial charge in [0.1, 0.15) is 18.7 Å². The lowest BCUT2D eigenvalue weighted by molar-refractivity contribution is -0.144. The third-order valence-corrected chi connectivity index (χ3v) is 10.6. The summed E-state index contributed by atoms with van der Waals surface area (Å²) < 4.78 is 5.65. The summed E-state index contributed by atoms with van der Waals surface area (Å²) in [5, 5.41) is 16.3. The van der Waals surface area contributed by atoms with E-state index in [0.29, 0.717) is 19.2 Å². The Morgan fingerprint density at radius 2 is 1.73 bits per heavy atom. The molecule has 0 unspecified atom stereocenters. The summed E-state index contributed by atoms with van der Waals surface area (Å²) >= 11 is 1.59. The number of carbonyl (C=O) groups excluding carboxylic acids is 3. The number of likely N-dealkylation sites (tertiary alicyclic amines) is 2. The van der Waals surface area contributed by atoms with E-state index in [0.717, 1.165) is 66.9 Å². The fourth-order valence-corrected chi connectivity index (χ4v) is 7.38. The zero-order chi connectivity index (χ0) is 35.4. The van der Waals surface area contributed by atoms with Crippen LogP contribution in [0.4, 0.5) is 0 Å². The number of thiazole rings is 1. The van der Waals surface area contributed by atoms with E-state index in [2.05, 4.69) is 20.5 Å². The first-order valence-corrected chi connectivity index (χ1v) is 18.9. The minimum absolute atomic E-state index is 0.0335. The topological polar surface area (TPSA) is 150 Å².